The standard InChI is InChI=1S/C15H23ClN2O2S/c1-5-18-15(4,14(19)20-6-2)9-11(3)21-13-8-7-12(16)10-17-13/h7-8,10-11,18H,5-6,9H2,1-4H3. The maximum atomic E-state index is 12.2. The maximum Gasteiger partial charge on any atom is 0.326 e. The first-order valence-electron chi connectivity index (χ1n) is 7.11. The number of rotatable bonds is 8. The fourth-order valence-corrected chi connectivity index (χ4v) is 3.36. The van der Waals surface area contributed by atoms with Crippen molar-refractivity contribution in [3.05, 3.63) is 23.4 Å². The van der Waals surface area contributed by atoms with E-state index in [4.69, 9.17) is 16.3 Å². The number of halogens is 1. The lowest BCUT2D eigenvalue weighted by atomic mass is 9.96. The lowest BCUT2D eigenvalue weighted by Crippen LogP contribution is -2.51. The Bertz CT molecular complexity index is 455. The summed E-state index contributed by atoms with van der Waals surface area (Å²) in [7, 11) is 0. The van der Waals surface area contributed by atoms with Gasteiger partial charge in [0.15, 0.2) is 0 Å². The Labute approximate surface area is 136 Å². The minimum absolute atomic E-state index is 0.205. The molecule has 0 aliphatic carbocycles. The molecule has 118 valence electrons. The molecule has 6 heteroatoms. The van der Waals surface area contributed by atoms with Crippen molar-refractivity contribution in [2.45, 2.75) is 49.9 Å². The number of nitrogens with zero attached hydrogens (tertiary/aromatic N) is 1. The van der Waals surface area contributed by atoms with E-state index in [0.717, 1.165) is 5.03 Å². The Morgan fingerprint density at radius 1 is 1.52 bits per heavy atom. The monoisotopic (exact) mass is 330 g/mol. The molecule has 1 heterocycles. The third kappa shape index (κ3) is 5.85. The summed E-state index contributed by atoms with van der Waals surface area (Å²) < 4.78 is 5.18. The van der Waals surface area contributed by atoms with Gasteiger partial charge in [-0.25, -0.2) is 4.98 Å². The number of pyridine rings is 1. The number of hydrogen-bond donors (Lipinski definition) is 1. The van der Waals surface area contributed by atoms with Crippen LogP contribution in [0.3, 0.4) is 0 Å². The summed E-state index contributed by atoms with van der Waals surface area (Å²) in [6.45, 7) is 8.87. The quantitative estimate of drug-likeness (QED) is 0.583. The molecule has 0 radical (unpaired) electrons. The third-order valence-electron chi connectivity index (χ3n) is 3.01. The zero-order valence-corrected chi connectivity index (χ0v) is 14.6. The topological polar surface area (TPSA) is 51.2 Å². The molecule has 1 aromatic heterocycles. The Kier molecular flexibility index (Phi) is 7.49. The Balaban J connectivity index is 2.69. The van der Waals surface area contributed by atoms with E-state index in [-0.39, 0.29) is 11.2 Å². The molecule has 1 N–H and O–H groups in total. The molecule has 2 atom stereocenters. The molecule has 0 bridgehead atoms. The van der Waals surface area contributed by atoms with Gasteiger partial charge in [0.2, 0.25) is 0 Å². The molecule has 0 aliphatic rings. The van der Waals surface area contributed by atoms with Gasteiger partial charge < -0.3 is 10.1 Å². The average molecular weight is 331 g/mol. The van der Waals surface area contributed by atoms with Crippen molar-refractivity contribution in [1.29, 1.82) is 0 Å². The first-order chi connectivity index (χ1) is 9.91. The van der Waals surface area contributed by atoms with E-state index in [9.17, 15) is 4.79 Å². The van der Waals surface area contributed by atoms with Crippen LogP contribution in [-0.2, 0) is 9.53 Å². The average Bonchev–Trinajstić information content (AvgIpc) is 2.41. The molecule has 0 fully saturated rings. The summed E-state index contributed by atoms with van der Waals surface area (Å²) >= 11 is 7.45. The number of aromatic nitrogens is 1. The SMILES string of the molecule is CCNC(C)(CC(C)Sc1ccc(Cl)cn1)C(=O)OCC. The second kappa shape index (κ2) is 8.61. The number of ether oxygens (including phenoxy) is 1. The van der Waals surface area contributed by atoms with Gasteiger partial charge in [-0.3, -0.25) is 4.79 Å². The maximum absolute atomic E-state index is 12.2. The fraction of sp³-hybridized carbons (Fsp3) is 0.600. The molecule has 2 unspecified atom stereocenters. The Hall–Kier alpha value is -0.780. The zero-order valence-electron chi connectivity index (χ0n) is 13.0. The lowest BCUT2D eigenvalue weighted by molar-refractivity contribution is -0.150. The van der Waals surface area contributed by atoms with Gasteiger partial charge in [-0.2, -0.15) is 0 Å². The lowest BCUT2D eigenvalue weighted by Gasteiger charge is -2.30. The summed E-state index contributed by atoms with van der Waals surface area (Å²) in [5, 5.41) is 4.97. The van der Waals surface area contributed by atoms with Crippen LogP contribution in [0, 0.1) is 0 Å². The van der Waals surface area contributed by atoms with Crippen molar-refractivity contribution >= 4 is 29.3 Å². The highest BCUT2D eigenvalue weighted by Crippen LogP contribution is 2.28. The van der Waals surface area contributed by atoms with Crippen LogP contribution >= 0.6 is 23.4 Å². The van der Waals surface area contributed by atoms with E-state index in [1.54, 1.807) is 18.0 Å². The Morgan fingerprint density at radius 2 is 2.24 bits per heavy atom. The van der Waals surface area contributed by atoms with Gasteiger partial charge in [-0.1, -0.05) is 25.4 Å². The van der Waals surface area contributed by atoms with E-state index in [2.05, 4.69) is 17.2 Å². The van der Waals surface area contributed by atoms with Gasteiger partial charge in [0.1, 0.15) is 5.54 Å². The molecule has 1 rings (SSSR count). The summed E-state index contributed by atoms with van der Waals surface area (Å²) in [6.07, 6.45) is 2.29. The molecule has 21 heavy (non-hydrogen) atoms. The molecule has 0 saturated carbocycles. The first-order valence-corrected chi connectivity index (χ1v) is 8.37. The second-order valence-electron chi connectivity index (χ2n) is 5.03. The van der Waals surface area contributed by atoms with Crippen LogP contribution in [0.25, 0.3) is 0 Å². The molecule has 4 nitrogen and oxygen atoms in total. The highest BCUT2D eigenvalue weighted by atomic mass is 35.5. The third-order valence-corrected chi connectivity index (χ3v) is 4.29. The van der Waals surface area contributed by atoms with Crippen LogP contribution in [0.1, 0.15) is 34.1 Å². The van der Waals surface area contributed by atoms with Crippen molar-refractivity contribution in [2.75, 3.05) is 13.2 Å². The van der Waals surface area contributed by atoms with E-state index in [1.165, 1.54) is 0 Å². The largest absolute Gasteiger partial charge is 0.465 e. The number of likely N-dealkylation sites (N-methyl/N-ethyl adjacent to an activating group) is 1. The predicted molar refractivity (Wildman–Crippen MR) is 87.9 cm³/mol. The van der Waals surface area contributed by atoms with Crippen molar-refractivity contribution in [3.8, 4) is 0 Å². The Morgan fingerprint density at radius 3 is 2.76 bits per heavy atom. The zero-order chi connectivity index (χ0) is 15.9. The van der Waals surface area contributed by atoms with E-state index >= 15 is 0 Å². The summed E-state index contributed by atoms with van der Waals surface area (Å²) in [6, 6.07) is 3.71. The van der Waals surface area contributed by atoms with E-state index in [0.29, 0.717) is 24.6 Å². The van der Waals surface area contributed by atoms with E-state index < -0.39 is 5.54 Å². The first kappa shape index (κ1) is 18.3. The van der Waals surface area contributed by atoms with Crippen molar-refractivity contribution in [1.82, 2.24) is 10.3 Å². The van der Waals surface area contributed by atoms with E-state index in [1.807, 2.05) is 32.9 Å². The number of esters is 1. The fourth-order valence-electron chi connectivity index (χ4n) is 2.16. The number of carbonyl (C=O) groups excluding carboxylic acids is 1. The number of carbonyl (C=O) groups is 1. The number of hydrogen-bond acceptors (Lipinski definition) is 5. The van der Waals surface area contributed by atoms with Gasteiger partial charge in [-0.15, -0.1) is 11.8 Å². The van der Waals surface area contributed by atoms with Crippen LogP contribution < -0.4 is 5.32 Å². The minimum Gasteiger partial charge on any atom is -0.465 e. The van der Waals surface area contributed by atoms with Gasteiger partial charge in [0, 0.05) is 11.4 Å². The second-order valence-corrected chi connectivity index (χ2v) is 6.93. The molecule has 0 spiro atoms. The van der Waals surface area contributed by atoms with Crippen LogP contribution in [-0.4, -0.2) is 34.9 Å². The van der Waals surface area contributed by atoms with Gasteiger partial charge >= 0.3 is 5.97 Å². The van der Waals surface area contributed by atoms with Crippen LogP contribution in [0.2, 0.25) is 5.02 Å². The molecule has 0 saturated heterocycles. The summed E-state index contributed by atoms with van der Waals surface area (Å²) in [4.78, 5) is 16.4. The molecular weight excluding hydrogens is 308 g/mol. The molecular formula is C15H23ClN2O2S. The van der Waals surface area contributed by atoms with Crippen LogP contribution in [0.4, 0.5) is 0 Å². The van der Waals surface area contributed by atoms with Gasteiger partial charge in [-0.05, 0) is 38.9 Å². The molecule has 0 aromatic carbocycles. The highest BCUT2D eigenvalue weighted by Gasteiger charge is 2.35. The van der Waals surface area contributed by atoms with Crippen molar-refractivity contribution in [2.24, 2.45) is 0 Å². The number of nitrogens with one attached hydrogen (secondary N) is 1. The summed E-state index contributed by atoms with van der Waals surface area (Å²) in [5.74, 6) is -0.205. The van der Waals surface area contributed by atoms with Crippen molar-refractivity contribution in [3.63, 3.8) is 0 Å². The molecule has 0 amide bonds. The van der Waals surface area contributed by atoms with Gasteiger partial charge in [0.05, 0.1) is 16.7 Å². The van der Waals surface area contributed by atoms with Crippen LogP contribution in [0.15, 0.2) is 23.4 Å². The summed E-state index contributed by atoms with van der Waals surface area (Å²) in [5.41, 5.74) is -0.677. The minimum atomic E-state index is -0.677. The predicted octanol–water partition coefficient (Wildman–Crippen LogP) is 3.54. The van der Waals surface area contributed by atoms with Crippen LogP contribution in [0.5, 0.6) is 0 Å². The van der Waals surface area contributed by atoms with Crippen molar-refractivity contribution < 1.29 is 9.53 Å². The molecule has 1 aromatic rings. The smallest absolute Gasteiger partial charge is 0.326 e. The normalized spacial score (nSPS) is 15.3. The van der Waals surface area contributed by atoms with Gasteiger partial charge in [0.25, 0.3) is 0 Å². The number of thioether (sulfide) groups is 1. The highest BCUT2D eigenvalue weighted by molar-refractivity contribution is 7.99. The molecule has 0 aliphatic heterocycles.